The van der Waals surface area contributed by atoms with Crippen molar-refractivity contribution in [1.82, 2.24) is 9.88 Å². The van der Waals surface area contributed by atoms with Gasteiger partial charge in [-0.15, -0.1) is 0 Å². The molecular weight excluding hydrogens is 309 g/mol. The monoisotopic (exact) mass is 329 g/mol. The normalized spacial score (nSPS) is 16.1. The maximum absolute atomic E-state index is 13.0. The summed E-state index contributed by atoms with van der Waals surface area (Å²) in [5.41, 5.74) is 0.854. The summed E-state index contributed by atoms with van der Waals surface area (Å²) < 4.78 is 18.4. The number of ether oxygens (including phenoxy) is 1. The molecule has 1 aromatic carbocycles. The number of nitrogens with zero attached hydrogens (tertiary/aromatic N) is 3. The second-order valence-corrected chi connectivity index (χ2v) is 5.67. The van der Waals surface area contributed by atoms with Crippen molar-refractivity contribution >= 4 is 11.7 Å². The topological polar surface area (TPSA) is 45.7 Å². The van der Waals surface area contributed by atoms with Crippen molar-refractivity contribution in [3.05, 3.63) is 60.0 Å². The Morgan fingerprint density at radius 1 is 1.12 bits per heavy atom. The van der Waals surface area contributed by atoms with Crippen LogP contribution < -0.4 is 4.90 Å². The van der Waals surface area contributed by atoms with E-state index in [1.165, 1.54) is 12.3 Å². The van der Waals surface area contributed by atoms with Crippen LogP contribution in [0.2, 0.25) is 0 Å². The van der Waals surface area contributed by atoms with Crippen LogP contribution in [0.3, 0.4) is 0 Å². The molecule has 24 heavy (non-hydrogen) atoms. The van der Waals surface area contributed by atoms with Crippen molar-refractivity contribution in [2.24, 2.45) is 0 Å². The number of halogens is 1. The van der Waals surface area contributed by atoms with Gasteiger partial charge in [0.05, 0.1) is 6.20 Å². The first-order valence-corrected chi connectivity index (χ1v) is 7.92. The van der Waals surface area contributed by atoms with E-state index in [1.54, 1.807) is 18.1 Å². The van der Waals surface area contributed by atoms with Crippen molar-refractivity contribution in [3.8, 4) is 0 Å². The molecule has 6 heteroatoms. The van der Waals surface area contributed by atoms with Crippen molar-refractivity contribution in [1.29, 1.82) is 0 Å². The Labute approximate surface area is 140 Å². The van der Waals surface area contributed by atoms with Crippen LogP contribution in [0.4, 0.5) is 10.2 Å². The lowest BCUT2D eigenvalue weighted by molar-refractivity contribution is -0.142. The standard InChI is InChI=1S/C18H20FN3O2/c1-24-17(14-5-3-2-4-6-14)18(23)22-11-9-21(10-12-22)16-8-7-15(19)13-20-16/h2-8,13,17H,9-12H2,1H3/t17-/m1/s1. The molecule has 1 aromatic heterocycles. The highest BCUT2D eigenvalue weighted by Crippen LogP contribution is 2.21. The molecular formula is C18H20FN3O2. The summed E-state index contributed by atoms with van der Waals surface area (Å²) in [6.07, 6.45) is 0.630. The Kier molecular flexibility index (Phi) is 5.05. The molecule has 0 spiro atoms. The third kappa shape index (κ3) is 3.54. The van der Waals surface area contributed by atoms with Gasteiger partial charge in [0.15, 0.2) is 6.10 Å². The van der Waals surface area contributed by atoms with Gasteiger partial charge < -0.3 is 14.5 Å². The van der Waals surface area contributed by atoms with Gasteiger partial charge in [-0.2, -0.15) is 0 Å². The first kappa shape index (κ1) is 16.4. The quantitative estimate of drug-likeness (QED) is 0.863. The number of piperazine rings is 1. The number of hydrogen-bond donors (Lipinski definition) is 0. The fourth-order valence-electron chi connectivity index (χ4n) is 2.88. The molecule has 126 valence electrons. The number of carbonyl (C=O) groups is 1. The lowest BCUT2D eigenvalue weighted by atomic mass is 10.1. The smallest absolute Gasteiger partial charge is 0.256 e. The van der Waals surface area contributed by atoms with Gasteiger partial charge in [0.25, 0.3) is 5.91 Å². The van der Waals surface area contributed by atoms with E-state index in [-0.39, 0.29) is 11.7 Å². The molecule has 0 unspecified atom stereocenters. The number of pyridine rings is 1. The number of amides is 1. The average Bonchev–Trinajstić information content (AvgIpc) is 2.64. The molecule has 0 aliphatic carbocycles. The molecule has 1 saturated heterocycles. The summed E-state index contributed by atoms with van der Waals surface area (Å²) in [5.74, 6) is 0.351. The van der Waals surface area contributed by atoms with E-state index >= 15 is 0 Å². The van der Waals surface area contributed by atoms with Crippen molar-refractivity contribution in [2.45, 2.75) is 6.10 Å². The molecule has 1 amide bonds. The SMILES string of the molecule is CO[C@@H](C(=O)N1CCN(c2ccc(F)cn2)CC1)c1ccccc1. The zero-order chi connectivity index (χ0) is 16.9. The third-order valence-corrected chi connectivity index (χ3v) is 4.19. The summed E-state index contributed by atoms with van der Waals surface area (Å²) in [5, 5.41) is 0. The van der Waals surface area contributed by atoms with Gasteiger partial charge in [0.2, 0.25) is 0 Å². The summed E-state index contributed by atoms with van der Waals surface area (Å²) >= 11 is 0. The Hall–Kier alpha value is -2.47. The van der Waals surface area contributed by atoms with Crippen molar-refractivity contribution in [3.63, 3.8) is 0 Å². The van der Waals surface area contributed by atoms with Gasteiger partial charge in [0.1, 0.15) is 11.6 Å². The van der Waals surface area contributed by atoms with Crippen LogP contribution in [0.5, 0.6) is 0 Å². The van der Waals surface area contributed by atoms with E-state index < -0.39 is 6.10 Å². The molecule has 3 rings (SSSR count). The molecule has 1 fully saturated rings. The molecule has 0 bridgehead atoms. The van der Waals surface area contributed by atoms with Crippen LogP contribution in [0, 0.1) is 5.82 Å². The number of anilines is 1. The Balaban J connectivity index is 1.63. The lowest BCUT2D eigenvalue weighted by Crippen LogP contribution is -2.50. The zero-order valence-corrected chi connectivity index (χ0v) is 13.6. The largest absolute Gasteiger partial charge is 0.367 e. The first-order valence-electron chi connectivity index (χ1n) is 7.92. The average molecular weight is 329 g/mol. The number of rotatable bonds is 4. The Morgan fingerprint density at radius 3 is 2.42 bits per heavy atom. The highest BCUT2D eigenvalue weighted by molar-refractivity contribution is 5.82. The van der Waals surface area contributed by atoms with E-state index in [0.717, 1.165) is 11.4 Å². The molecule has 2 aromatic rings. The minimum atomic E-state index is -0.582. The predicted octanol–water partition coefficient (Wildman–Crippen LogP) is 2.26. The second-order valence-electron chi connectivity index (χ2n) is 5.67. The number of benzene rings is 1. The van der Waals surface area contributed by atoms with Crippen LogP contribution in [-0.4, -0.2) is 49.1 Å². The lowest BCUT2D eigenvalue weighted by Gasteiger charge is -2.36. The second kappa shape index (κ2) is 7.40. The summed E-state index contributed by atoms with van der Waals surface area (Å²) in [7, 11) is 1.55. The van der Waals surface area contributed by atoms with Gasteiger partial charge in [-0.1, -0.05) is 30.3 Å². The molecule has 5 nitrogen and oxygen atoms in total. The Bertz CT molecular complexity index is 670. The van der Waals surface area contributed by atoms with E-state index in [9.17, 15) is 9.18 Å². The van der Waals surface area contributed by atoms with E-state index in [1.807, 2.05) is 35.2 Å². The number of hydrogen-bond acceptors (Lipinski definition) is 4. The van der Waals surface area contributed by atoms with E-state index in [4.69, 9.17) is 4.74 Å². The number of carbonyl (C=O) groups excluding carboxylic acids is 1. The zero-order valence-electron chi connectivity index (χ0n) is 13.6. The minimum absolute atomic E-state index is 0.0320. The van der Waals surface area contributed by atoms with Crippen molar-refractivity contribution in [2.75, 3.05) is 38.2 Å². The molecule has 0 N–H and O–H groups in total. The fraction of sp³-hybridized carbons (Fsp3) is 0.333. The minimum Gasteiger partial charge on any atom is -0.367 e. The molecule has 0 radical (unpaired) electrons. The van der Waals surface area contributed by atoms with Gasteiger partial charge in [-0.3, -0.25) is 4.79 Å². The summed E-state index contributed by atoms with van der Waals surface area (Å²) in [6.45, 7) is 2.50. The van der Waals surface area contributed by atoms with Gasteiger partial charge in [0, 0.05) is 33.3 Å². The highest BCUT2D eigenvalue weighted by atomic mass is 19.1. The van der Waals surface area contributed by atoms with E-state index in [2.05, 4.69) is 4.98 Å². The fourth-order valence-corrected chi connectivity index (χ4v) is 2.88. The number of aromatic nitrogens is 1. The van der Waals surface area contributed by atoms with E-state index in [0.29, 0.717) is 26.2 Å². The predicted molar refractivity (Wildman–Crippen MR) is 89.2 cm³/mol. The van der Waals surface area contributed by atoms with Crippen LogP contribution in [0.25, 0.3) is 0 Å². The molecule has 1 aliphatic rings. The molecule has 1 aliphatic heterocycles. The van der Waals surface area contributed by atoms with Crippen LogP contribution in [0.1, 0.15) is 11.7 Å². The number of methoxy groups -OCH3 is 1. The highest BCUT2D eigenvalue weighted by Gasteiger charge is 2.28. The van der Waals surface area contributed by atoms with Gasteiger partial charge in [-0.25, -0.2) is 9.37 Å². The summed E-state index contributed by atoms with van der Waals surface area (Å²) in [6, 6.07) is 12.6. The van der Waals surface area contributed by atoms with Gasteiger partial charge in [-0.05, 0) is 17.7 Å². The molecule has 2 heterocycles. The first-order chi connectivity index (χ1) is 11.7. The van der Waals surface area contributed by atoms with Gasteiger partial charge >= 0.3 is 0 Å². The molecule has 1 atom stereocenters. The maximum Gasteiger partial charge on any atom is 0.256 e. The van der Waals surface area contributed by atoms with Crippen LogP contribution in [-0.2, 0) is 9.53 Å². The van der Waals surface area contributed by atoms with Crippen LogP contribution in [0.15, 0.2) is 48.7 Å². The van der Waals surface area contributed by atoms with Crippen LogP contribution >= 0.6 is 0 Å². The maximum atomic E-state index is 13.0. The molecule has 0 saturated carbocycles. The summed E-state index contributed by atoms with van der Waals surface area (Å²) in [4.78, 5) is 20.7. The third-order valence-electron chi connectivity index (χ3n) is 4.19. The Morgan fingerprint density at radius 2 is 1.83 bits per heavy atom. The van der Waals surface area contributed by atoms with Crippen molar-refractivity contribution < 1.29 is 13.9 Å².